The van der Waals surface area contributed by atoms with E-state index in [-0.39, 0.29) is 5.41 Å². The largest absolute Gasteiger partial charge is 0.342 e. The Kier molecular flexibility index (Phi) is 6.99. The predicted molar refractivity (Wildman–Crippen MR) is 208 cm³/mol. The molecule has 0 spiro atoms. The van der Waals surface area contributed by atoms with Crippen LogP contribution in [0, 0.1) is 5.41 Å². The highest BCUT2D eigenvalue weighted by Gasteiger charge is 2.36. The topological polar surface area (TPSA) is 3.24 Å². The molecule has 4 aliphatic carbocycles. The summed E-state index contributed by atoms with van der Waals surface area (Å²) >= 11 is 0. The number of rotatable bonds is 6. The number of allylic oxidation sites excluding steroid dienone is 4. The molecule has 5 aromatic carbocycles. The Balaban J connectivity index is 1.14. The molecule has 0 heterocycles. The number of anilines is 1. The molecule has 1 nitrogen and oxygen atoms in total. The van der Waals surface area contributed by atoms with E-state index in [0.29, 0.717) is 0 Å². The third-order valence-corrected chi connectivity index (χ3v) is 12.1. The molecule has 4 aliphatic rings. The number of hydrogen-bond acceptors (Lipinski definition) is 1. The van der Waals surface area contributed by atoms with Crippen LogP contribution >= 0.6 is 0 Å². The summed E-state index contributed by atoms with van der Waals surface area (Å²) in [5.41, 5.74) is 25.7. The molecule has 0 radical (unpaired) electrons. The first-order chi connectivity index (χ1) is 23.9. The van der Waals surface area contributed by atoms with Crippen molar-refractivity contribution in [1.29, 1.82) is 0 Å². The molecule has 0 N–H and O–H groups in total. The number of nitrogens with zero attached hydrogens (tertiary/aromatic N) is 1. The molecule has 242 valence electrons. The van der Waals surface area contributed by atoms with Crippen LogP contribution in [0.1, 0.15) is 80.3 Å². The highest BCUT2D eigenvalue weighted by Crippen LogP contribution is 2.56. The average Bonchev–Trinajstić information content (AvgIpc) is 3.86. The molecular formula is C48H45N. The molecule has 1 heteroatoms. The lowest BCUT2D eigenvalue weighted by atomic mass is 9.82. The second-order valence-corrected chi connectivity index (χ2v) is 15.1. The predicted octanol–water partition coefficient (Wildman–Crippen LogP) is 12.5. The minimum atomic E-state index is 0.104. The standard InChI is InChI=1S/C48H45N/c1-6-24-49(30(3)25-38-21-20-37(7-2)48(38,4)5)39-22-18-31(19-23-39)42-29-36-27-35-17-16-34-26-32-12-8-10-14-40(32)44(34)46(35)45(36)43-28-33-13-9-11-15-41(33)47(42)43/h7-19,22-23,25,29H,3,6,20-21,24,26-28H2,1-2,4-5H3/b37-7+,38-25+. The highest BCUT2D eigenvalue weighted by atomic mass is 15.1. The summed E-state index contributed by atoms with van der Waals surface area (Å²) in [5.74, 6) is 0. The first kappa shape index (κ1) is 30.2. The second kappa shape index (κ2) is 11.3. The Bertz CT molecular complexity index is 2250. The van der Waals surface area contributed by atoms with Crippen LogP contribution in [0.15, 0.2) is 127 Å². The van der Waals surface area contributed by atoms with E-state index in [0.717, 1.165) is 50.8 Å². The molecular weight excluding hydrogens is 591 g/mol. The molecule has 0 atom stereocenters. The molecule has 0 saturated heterocycles. The van der Waals surface area contributed by atoms with Crippen LogP contribution < -0.4 is 4.90 Å². The Labute approximate surface area is 292 Å². The Hall–Kier alpha value is -4.88. The van der Waals surface area contributed by atoms with Gasteiger partial charge in [-0.25, -0.2) is 0 Å². The van der Waals surface area contributed by atoms with Gasteiger partial charge in [0.05, 0.1) is 0 Å². The summed E-state index contributed by atoms with van der Waals surface area (Å²) in [6, 6.07) is 34.9. The number of fused-ring (bicyclic) bond motifs is 11. The van der Waals surface area contributed by atoms with Gasteiger partial charge in [0, 0.05) is 23.3 Å². The van der Waals surface area contributed by atoms with Crippen LogP contribution in [0.2, 0.25) is 0 Å². The van der Waals surface area contributed by atoms with Crippen LogP contribution in [-0.4, -0.2) is 6.54 Å². The van der Waals surface area contributed by atoms with Crippen LogP contribution in [0.4, 0.5) is 5.69 Å². The maximum atomic E-state index is 4.61. The van der Waals surface area contributed by atoms with Crippen molar-refractivity contribution in [3.05, 3.63) is 160 Å². The third kappa shape index (κ3) is 4.58. The van der Waals surface area contributed by atoms with Gasteiger partial charge in [0.25, 0.3) is 0 Å². The van der Waals surface area contributed by atoms with Gasteiger partial charge >= 0.3 is 0 Å². The van der Waals surface area contributed by atoms with Gasteiger partial charge in [-0.2, -0.15) is 0 Å². The SMILES string of the molecule is C=C(/C=C1\CC/C(=C\C)C1(C)C)N(CCC)c1ccc(-c2cc3c(c4c2-c2ccccc2C4)-c2c(ccc4c2-c2ccccc2C4)C3)cc1. The van der Waals surface area contributed by atoms with Crippen molar-refractivity contribution in [2.75, 3.05) is 11.4 Å². The van der Waals surface area contributed by atoms with Gasteiger partial charge in [0.15, 0.2) is 0 Å². The lowest BCUT2D eigenvalue weighted by Crippen LogP contribution is -2.22. The van der Waals surface area contributed by atoms with Crippen LogP contribution in [0.25, 0.3) is 44.5 Å². The lowest BCUT2D eigenvalue weighted by molar-refractivity contribution is 0.568. The van der Waals surface area contributed by atoms with E-state index in [2.05, 4.69) is 142 Å². The normalized spacial score (nSPS) is 17.5. The highest BCUT2D eigenvalue weighted by molar-refractivity contribution is 6.03. The molecule has 1 fully saturated rings. The van der Waals surface area contributed by atoms with Gasteiger partial charge in [0.2, 0.25) is 0 Å². The Morgan fingerprint density at radius 1 is 0.673 bits per heavy atom. The molecule has 0 aliphatic heterocycles. The van der Waals surface area contributed by atoms with E-state index in [1.165, 1.54) is 89.1 Å². The van der Waals surface area contributed by atoms with Crippen molar-refractivity contribution in [3.63, 3.8) is 0 Å². The molecule has 49 heavy (non-hydrogen) atoms. The van der Waals surface area contributed by atoms with Crippen LogP contribution in [0.5, 0.6) is 0 Å². The van der Waals surface area contributed by atoms with Gasteiger partial charge in [-0.15, -0.1) is 0 Å². The monoisotopic (exact) mass is 635 g/mol. The van der Waals surface area contributed by atoms with Crippen molar-refractivity contribution >= 4 is 5.69 Å². The van der Waals surface area contributed by atoms with Gasteiger partial charge in [0.1, 0.15) is 0 Å². The molecule has 0 unspecified atom stereocenters. The van der Waals surface area contributed by atoms with Crippen LogP contribution in [-0.2, 0) is 19.3 Å². The fourth-order valence-electron chi connectivity index (χ4n) is 9.60. The van der Waals surface area contributed by atoms with Crippen molar-refractivity contribution in [3.8, 4) is 44.5 Å². The first-order valence-electron chi connectivity index (χ1n) is 18.3. The maximum Gasteiger partial charge on any atom is 0.0410 e. The van der Waals surface area contributed by atoms with Crippen molar-refractivity contribution in [1.82, 2.24) is 0 Å². The minimum absolute atomic E-state index is 0.104. The third-order valence-electron chi connectivity index (χ3n) is 12.1. The molecule has 9 rings (SSSR count). The lowest BCUT2D eigenvalue weighted by Gasteiger charge is -2.28. The maximum absolute atomic E-state index is 4.61. The molecule has 1 saturated carbocycles. The van der Waals surface area contributed by atoms with Crippen LogP contribution in [0.3, 0.4) is 0 Å². The number of benzene rings is 5. The van der Waals surface area contributed by atoms with Crippen molar-refractivity contribution < 1.29 is 0 Å². The number of hydrogen-bond donors (Lipinski definition) is 0. The van der Waals surface area contributed by atoms with E-state index in [4.69, 9.17) is 0 Å². The fraction of sp³-hybridized carbons (Fsp3) is 0.250. The van der Waals surface area contributed by atoms with Gasteiger partial charge in [-0.05, 0) is 148 Å². The minimum Gasteiger partial charge on any atom is -0.342 e. The smallest absolute Gasteiger partial charge is 0.0410 e. The van der Waals surface area contributed by atoms with E-state index in [1.807, 2.05) is 0 Å². The quantitative estimate of drug-likeness (QED) is 0.164. The first-order valence-corrected chi connectivity index (χ1v) is 18.3. The van der Waals surface area contributed by atoms with E-state index in [1.54, 1.807) is 5.57 Å². The van der Waals surface area contributed by atoms with E-state index < -0.39 is 0 Å². The summed E-state index contributed by atoms with van der Waals surface area (Å²) in [7, 11) is 0. The summed E-state index contributed by atoms with van der Waals surface area (Å²) in [6.07, 6.45) is 11.1. The van der Waals surface area contributed by atoms with Crippen molar-refractivity contribution in [2.24, 2.45) is 5.41 Å². The second-order valence-electron chi connectivity index (χ2n) is 15.1. The molecule has 0 amide bonds. The van der Waals surface area contributed by atoms with Crippen molar-refractivity contribution in [2.45, 2.75) is 66.2 Å². The summed E-state index contributed by atoms with van der Waals surface area (Å²) in [6.45, 7) is 14.7. The zero-order chi connectivity index (χ0) is 33.4. The van der Waals surface area contributed by atoms with Gasteiger partial charge < -0.3 is 4.90 Å². The summed E-state index contributed by atoms with van der Waals surface area (Å²) in [4.78, 5) is 2.41. The molecule has 5 aromatic rings. The fourth-order valence-corrected chi connectivity index (χ4v) is 9.60. The van der Waals surface area contributed by atoms with Gasteiger partial charge in [-0.3, -0.25) is 0 Å². The molecule has 0 aromatic heterocycles. The Morgan fingerprint density at radius 3 is 2.00 bits per heavy atom. The van der Waals surface area contributed by atoms with E-state index >= 15 is 0 Å². The van der Waals surface area contributed by atoms with E-state index in [9.17, 15) is 0 Å². The van der Waals surface area contributed by atoms with Gasteiger partial charge in [-0.1, -0.05) is 117 Å². The zero-order valence-electron chi connectivity index (χ0n) is 29.4. The average molecular weight is 636 g/mol. The summed E-state index contributed by atoms with van der Waals surface area (Å²) in [5, 5.41) is 0. The Morgan fingerprint density at radius 2 is 1.31 bits per heavy atom. The summed E-state index contributed by atoms with van der Waals surface area (Å²) < 4.78 is 0. The zero-order valence-corrected chi connectivity index (χ0v) is 29.4. The molecule has 0 bridgehead atoms.